The molecule has 4 aliphatic rings. The number of halogens is 1. The van der Waals surface area contributed by atoms with Gasteiger partial charge in [-0.05, 0) is 31.6 Å². The van der Waals surface area contributed by atoms with Gasteiger partial charge in [-0.2, -0.15) is 0 Å². The van der Waals surface area contributed by atoms with Gasteiger partial charge in [-0.15, -0.1) is 0 Å². The van der Waals surface area contributed by atoms with Crippen LogP contribution in [0.25, 0.3) is 0 Å². The zero-order valence-corrected chi connectivity index (χ0v) is 19.4. The van der Waals surface area contributed by atoms with E-state index < -0.39 is 86.7 Å². The van der Waals surface area contributed by atoms with Crippen molar-refractivity contribution in [3.8, 4) is 5.75 Å². The van der Waals surface area contributed by atoms with E-state index in [0.29, 0.717) is 0 Å². The number of hydrogen-bond acceptors (Lipinski definition) is 10. The SMILES string of the molecule is NC(=O)C1=C(O)[C@@H](N)[C@@H]2C[C@@H]3Cc4c(F)cc(NC(=O)CNC5CC5)c(O)c4C(=O)C3=C(O)[C@]2(O)C1=O. The van der Waals surface area contributed by atoms with Crippen molar-refractivity contribution < 1.29 is 44.0 Å². The molecule has 0 radical (unpaired) electrons. The minimum atomic E-state index is -2.86. The third-order valence-corrected chi connectivity index (χ3v) is 7.60. The fraction of sp³-hybridized carbons (Fsp3) is 0.417. The maximum atomic E-state index is 15.1. The largest absolute Gasteiger partial charge is 0.510 e. The standard InChI is InChI=1S/C24H25FN4O8/c25-11-5-12(29-13(30)6-28-8-1-2-8)18(31)15-9(11)3-7-4-10-17(26)20(33)16(23(27)36)22(35)24(10,37)21(34)14(7)19(15)32/h5,7-8,10,17,28,31,33-34,37H,1-4,6,26H2,(H2,27,36)(H,29,30)/t7-,10-,17-,24-/m0/s1. The summed E-state index contributed by atoms with van der Waals surface area (Å²) in [5.74, 6) is -10.4. The van der Waals surface area contributed by atoms with Crippen LogP contribution < -0.4 is 22.1 Å². The molecule has 10 N–H and O–H groups in total. The molecule has 196 valence electrons. The number of Topliss-reactive ketones (excluding diaryl/α,β-unsaturated/α-hetero) is 2. The zero-order chi connectivity index (χ0) is 27.0. The zero-order valence-electron chi connectivity index (χ0n) is 19.4. The number of rotatable bonds is 5. The Hall–Kier alpha value is -3.81. The molecule has 0 aromatic heterocycles. The number of fused-ring (bicyclic) bond motifs is 3. The van der Waals surface area contributed by atoms with Gasteiger partial charge in [0.1, 0.15) is 22.9 Å². The molecule has 37 heavy (non-hydrogen) atoms. The number of ketones is 2. The molecule has 1 saturated carbocycles. The minimum absolute atomic E-state index is 0.0931. The topological polar surface area (TPSA) is 225 Å². The molecule has 1 aromatic rings. The molecule has 0 spiro atoms. The molecule has 5 rings (SSSR count). The van der Waals surface area contributed by atoms with Gasteiger partial charge in [0.05, 0.1) is 23.8 Å². The molecular formula is C24H25FN4O8. The second-order valence-corrected chi connectivity index (χ2v) is 9.89. The third-order valence-electron chi connectivity index (χ3n) is 7.60. The smallest absolute Gasteiger partial charge is 0.255 e. The predicted octanol–water partition coefficient (Wildman–Crippen LogP) is -0.653. The first-order valence-corrected chi connectivity index (χ1v) is 11.7. The first-order chi connectivity index (χ1) is 17.4. The maximum absolute atomic E-state index is 15.1. The Bertz CT molecular complexity index is 1350. The number of nitrogens with one attached hydrogen (secondary N) is 2. The van der Waals surface area contributed by atoms with E-state index in [1.165, 1.54) is 0 Å². The summed E-state index contributed by atoms with van der Waals surface area (Å²) < 4.78 is 15.1. The fourth-order valence-electron chi connectivity index (χ4n) is 5.55. The first-order valence-electron chi connectivity index (χ1n) is 11.7. The lowest BCUT2D eigenvalue weighted by molar-refractivity contribution is -0.145. The van der Waals surface area contributed by atoms with Crippen LogP contribution in [0.4, 0.5) is 10.1 Å². The van der Waals surface area contributed by atoms with E-state index in [2.05, 4.69) is 10.6 Å². The average Bonchev–Trinajstić information content (AvgIpc) is 3.66. The number of hydrogen-bond donors (Lipinski definition) is 8. The monoisotopic (exact) mass is 516 g/mol. The molecule has 0 unspecified atom stereocenters. The number of aromatic hydroxyl groups is 1. The van der Waals surface area contributed by atoms with Gasteiger partial charge < -0.3 is 42.5 Å². The summed E-state index contributed by atoms with van der Waals surface area (Å²) >= 11 is 0. The van der Waals surface area contributed by atoms with Crippen molar-refractivity contribution >= 4 is 29.1 Å². The van der Waals surface area contributed by atoms with Gasteiger partial charge in [0.2, 0.25) is 11.7 Å². The molecular weight excluding hydrogens is 491 g/mol. The maximum Gasteiger partial charge on any atom is 0.255 e. The van der Waals surface area contributed by atoms with Crippen molar-refractivity contribution in [1.29, 1.82) is 0 Å². The number of aliphatic hydroxyl groups is 3. The number of aliphatic hydroxyl groups excluding tert-OH is 2. The van der Waals surface area contributed by atoms with E-state index in [4.69, 9.17) is 11.5 Å². The third kappa shape index (κ3) is 3.61. The summed E-state index contributed by atoms with van der Waals surface area (Å²) in [7, 11) is 0. The van der Waals surface area contributed by atoms with Crippen molar-refractivity contribution in [3.05, 3.63) is 45.7 Å². The van der Waals surface area contributed by atoms with E-state index in [1.807, 2.05) is 0 Å². The van der Waals surface area contributed by atoms with Crippen LogP contribution in [0, 0.1) is 17.7 Å². The Balaban J connectivity index is 1.57. The number of benzene rings is 1. The Labute approximate surface area is 208 Å². The Morgan fingerprint density at radius 1 is 1.19 bits per heavy atom. The van der Waals surface area contributed by atoms with Crippen LogP contribution in [0.15, 0.2) is 28.7 Å². The Morgan fingerprint density at radius 2 is 1.86 bits per heavy atom. The summed E-state index contributed by atoms with van der Waals surface area (Å²) in [4.78, 5) is 50.6. The Morgan fingerprint density at radius 3 is 2.49 bits per heavy atom. The summed E-state index contributed by atoms with van der Waals surface area (Å²) in [5.41, 5.74) is 5.75. The molecule has 0 saturated heterocycles. The van der Waals surface area contributed by atoms with Crippen molar-refractivity contribution in [2.24, 2.45) is 23.3 Å². The number of allylic oxidation sites excluding steroid dienone is 1. The lowest BCUT2D eigenvalue weighted by Crippen LogP contribution is -2.63. The van der Waals surface area contributed by atoms with Crippen LogP contribution in [0.3, 0.4) is 0 Å². The molecule has 0 heterocycles. The van der Waals surface area contributed by atoms with Crippen LogP contribution in [0.1, 0.15) is 35.2 Å². The second-order valence-electron chi connectivity index (χ2n) is 9.89. The number of anilines is 1. The molecule has 0 aliphatic heterocycles. The average molecular weight is 516 g/mol. The molecule has 2 amide bonds. The predicted molar refractivity (Wildman–Crippen MR) is 124 cm³/mol. The van der Waals surface area contributed by atoms with Crippen LogP contribution >= 0.6 is 0 Å². The molecule has 1 aromatic carbocycles. The number of carbonyl (C=O) groups is 4. The van der Waals surface area contributed by atoms with Crippen LogP contribution in [-0.4, -0.2) is 68.0 Å². The molecule has 4 aliphatic carbocycles. The number of amides is 2. The molecule has 12 nitrogen and oxygen atoms in total. The van der Waals surface area contributed by atoms with Gasteiger partial charge in [0, 0.05) is 29.2 Å². The number of primary amides is 1. The summed E-state index contributed by atoms with van der Waals surface area (Å²) in [6.07, 6.45) is 1.39. The highest BCUT2D eigenvalue weighted by molar-refractivity contribution is 6.25. The van der Waals surface area contributed by atoms with Crippen LogP contribution in [0.5, 0.6) is 5.75 Å². The van der Waals surface area contributed by atoms with Crippen molar-refractivity contribution in [3.63, 3.8) is 0 Å². The van der Waals surface area contributed by atoms with E-state index in [-0.39, 0.29) is 36.7 Å². The van der Waals surface area contributed by atoms with Crippen LogP contribution in [0.2, 0.25) is 0 Å². The fourth-order valence-corrected chi connectivity index (χ4v) is 5.55. The van der Waals surface area contributed by atoms with Crippen LogP contribution in [-0.2, 0) is 20.8 Å². The lowest BCUT2D eigenvalue weighted by Gasteiger charge is -2.47. The molecule has 4 atom stereocenters. The van der Waals surface area contributed by atoms with E-state index >= 15 is 4.39 Å². The number of carbonyl (C=O) groups excluding carboxylic acids is 4. The molecule has 1 fully saturated rings. The molecule has 0 bridgehead atoms. The van der Waals surface area contributed by atoms with Gasteiger partial charge in [-0.3, -0.25) is 19.2 Å². The second kappa shape index (κ2) is 8.36. The van der Waals surface area contributed by atoms with E-state index in [0.717, 1.165) is 18.9 Å². The number of phenols is 1. The van der Waals surface area contributed by atoms with Gasteiger partial charge in [0.25, 0.3) is 5.91 Å². The summed E-state index contributed by atoms with van der Waals surface area (Å²) in [5, 5.41) is 48.8. The van der Waals surface area contributed by atoms with Gasteiger partial charge >= 0.3 is 0 Å². The van der Waals surface area contributed by atoms with Gasteiger partial charge in [-0.25, -0.2) is 4.39 Å². The van der Waals surface area contributed by atoms with Gasteiger partial charge in [-0.1, -0.05) is 0 Å². The first kappa shape index (κ1) is 24.9. The van der Waals surface area contributed by atoms with Crippen molar-refractivity contribution in [1.82, 2.24) is 5.32 Å². The van der Waals surface area contributed by atoms with E-state index in [9.17, 15) is 39.6 Å². The molecule has 13 heteroatoms. The number of nitrogens with two attached hydrogens (primary N) is 2. The highest BCUT2D eigenvalue weighted by atomic mass is 19.1. The highest BCUT2D eigenvalue weighted by Gasteiger charge is 2.62. The quantitative estimate of drug-likeness (QED) is 0.182. The Kier molecular flexibility index (Phi) is 5.62. The summed E-state index contributed by atoms with van der Waals surface area (Å²) in [6.45, 7) is -0.0931. The number of phenolic OH excluding ortho intramolecular Hbond substituents is 1. The van der Waals surface area contributed by atoms with Crippen molar-refractivity contribution in [2.45, 2.75) is 43.4 Å². The van der Waals surface area contributed by atoms with Crippen molar-refractivity contribution in [2.75, 3.05) is 11.9 Å². The summed E-state index contributed by atoms with van der Waals surface area (Å²) in [6, 6.07) is -0.393. The highest BCUT2D eigenvalue weighted by Crippen LogP contribution is 2.52. The normalized spacial score (nSPS) is 29.0. The minimum Gasteiger partial charge on any atom is -0.510 e. The lowest BCUT2D eigenvalue weighted by atomic mass is 9.59. The van der Waals surface area contributed by atoms with E-state index in [1.54, 1.807) is 0 Å². The van der Waals surface area contributed by atoms with Gasteiger partial charge in [0.15, 0.2) is 17.1 Å².